The Morgan fingerprint density at radius 3 is 1.64 bits per heavy atom. The van der Waals surface area contributed by atoms with Crippen LogP contribution in [0.2, 0.25) is 0 Å². The molecule has 0 spiro atoms. The van der Waals surface area contributed by atoms with Crippen LogP contribution in [0.1, 0.15) is 53.0 Å². The maximum Gasteiger partial charge on any atom is 0.407 e. The van der Waals surface area contributed by atoms with Crippen LogP contribution in [-0.2, 0) is 19.9 Å². The smallest absolute Gasteiger partial charge is 0.407 e. The average molecular weight is 668 g/mol. The highest BCUT2D eigenvalue weighted by Gasteiger charge is 2.35. The molecular weight excluding hydrogens is 626 g/mol. The van der Waals surface area contributed by atoms with E-state index in [-0.39, 0.29) is 18.9 Å². The summed E-state index contributed by atoms with van der Waals surface area (Å²) in [5, 5.41) is 18.7. The Morgan fingerprint density at radius 1 is 0.660 bits per heavy atom. The van der Waals surface area contributed by atoms with Gasteiger partial charge in [0.2, 0.25) is 5.91 Å². The highest BCUT2D eigenvalue weighted by atomic mass is 16.5. The highest BCUT2D eigenvalue weighted by molar-refractivity contribution is 5.86. The number of hydrogen-bond donors (Lipinski definition) is 4. The Morgan fingerprint density at radius 2 is 1.14 bits per heavy atom. The number of ether oxygens (including phenoxy) is 1. The monoisotopic (exact) mass is 667 g/mol. The average Bonchev–Trinajstić information content (AvgIpc) is 3.48. The molecule has 0 aromatic heterocycles. The van der Waals surface area contributed by atoms with Crippen LogP contribution in [-0.4, -0.2) is 48.8 Å². The van der Waals surface area contributed by atoms with Crippen molar-refractivity contribution in [3.05, 3.63) is 167 Å². The molecule has 50 heavy (non-hydrogen) atoms. The number of carboxylic acid groups (broad SMARTS) is 1. The van der Waals surface area contributed by atoms with Gasteiger partial charge < -0.3 is 20.5 Å². The Kier molecular flexibility index (Phi) is 11.0. The molecule has 5 aromatic carbocycles. The molecule has 0 aliphatic heterocycles. The van der Waals surface area contributed by atoms with E-state index in [4.69, 9.17) is 4.74 Å². The van der Waals surface area contributed by atoms with Gasteiger partial charge in [-0.3, -0.25) is 10.1 Å². The summed E-state index contributed by atoms with van der Waals surface area (Å²) in [5.41, 5.74) is 7.08. The summed E-state index contributed by atoms with van der Waals surface area (Å²) in [6.45, 7) is 0.325. The topological polar surface area (TPSA) is 117 Å². The first-order valence-corrected chi connectivity index (χ1v) is 17.0. The maximum atomic E-state index is 12.7. The van der Waals surface area contributed by atoms with Crippen molar-refractivity contribution in [1.29, 1.82) is 0 Å². The number of amides is 2. The molecule has 1 aliphatic rings. The molecule has 5 aromatic rings. The van der Waals surface area contributed by atoms with Crippen LogP contribution in [0.15, 0.2) is 140 Å². The quantitative estimate of drug-likeness (QED) is 0.0717. The number of benzene rings is 5. The van der Waals surface area contributed by atoms with Crippen LogP contribution < -0.4 is 16.0 Å². The summed E-state index contributed by atoms with van der Waals surface area (Å²) in [5.74, 6) is -1.83. The lowest BCUT2D eigenvalue weighted by Gasteiger charge is -2.37. The second-order valence-electron chi connectivity index (χ2n) is 12.4. The van der Waals surface area contributed by atoms with Gasteiger partial charge in [0, 0.05) is 5.92 Å². The van der Waals surface area contributed by atoms with E-state index in [0.717, 1.165) is 38.9 Å². The third-order valence-corrected chi connectivity index (χ3v) is 9.30. The van der Waals surface area contributed by atoms with Crippen LogP contribution in [0.4, 0.5) is 4.79 Å². The predicted molar refractivity (Wildman–Crippen MR) is 194 cm³/mol. The standard InChI is InChI=1S/C42H41N3O5/c46-39(28-43-41(49)50-29-37-35-24-12-10-22-33(35)34-23-11-13-25-36(34)37)45-38(40(47)48)26-14-15-27-44-42(30-16-4-1-5-17-30,31-18-6-2-7-19-31)32-20-8-3-9-21-32/h1-13,16-25,37-38,44H,14-15,26-29H2,(H,43,49)(H,45,46)(H,47,48)/t38-/m0/s1. The van der Waals surface area contributed by atoms with Crippen molar-refractivity contribution < 1.29 is 24.2 Å². The Balaban J connectivity index is 1.00. The van der Waals surface area contributed by atoms with Crippen LogP contribution >= 0.6 is 0 Å². The second kappa shape index (κ2) is 16.1. The number of nitrogens with one attached hydrogen (secondary N) is 3. The van der Waals surface area contributed by atoms with Gasteiger partial charge in [0.1, 0.15) is 19.2 Å². The molecule has 0 saturated carbocycles. The Bertz CT molecular complexity index is 1760. The fraction of sp³-hybridized carbons (Fsp3) is 0.214. The van der Waals surface area contributed by atoms with Crippen molar-refractivity contribution in [1.82, 2.24) is 16.0 Å². The van der Waals surface area contributed by atoms with Crippen molar-refractivity contribution in [2.24, 2.45) is 0 Å². The van der Waals surface area contributed by atoms with Crippen molar-refractivity contribution in [3.8, 4) is 11.1 Å². The van der Waals surface area contributed by atoms with Gasteiger partial charge in [-0.2, -0.15) is 0 Å². The van der Waals surface area contributed by atoms with Crippen molar-refractivity contribution in [2.45, 2.75) is 36.8 Å². The fourth-order valence-electron chi connectivity index (χ4n) is 6.92. The van der Waals surface area contributed by atoms with Gasteiger partial charge in [0.25, 0.3) is 0 Å². The summed E-state index contributed by atoms with van der Waals surface area (Å²) < 4.78 is 5.50. The Hall–Kier alpha value is -5.73. The molecule has 8 nitrogen and oxygen atoms in total. The number of alkyl carbamates (subject to hydrolysis) is 1. The first-order chi connectivity index (χ1) is 24.5. The molecule has 8 heteroatoms. The van der Waals surface area contributed by atoms with Crippen LogP contribution in [0.5, 0.6) is 0 Å². The van der Waals surface area contributed by atoms with Crippen LogP contribution in [0.3, 0.4) is 0 Å². The van der Waals surface area contributed by atoms with Crippen molar-refractivity contribution in [2.75, 3.05) is 19.7 Å². The van der Waals surface area contributed by atoms with E-state index in [9.17, 15) is 19.5 Å². The molecule has 0 heterocycles. The third-order valence-electron chi connectivity index (χ3n) is 9.30. The summed E-state index contributed by atoms with van der Waals surface area (Å²) >= 11 is 0. The number of carboxylic acids is 1. The summed E-state index contributed by atoms with van der Waals surface area (Å²) in [4.78, 5) is 37.3. The first-order valence-electron chi connectivity index (χ1n) is 17.0. The molecule has 6 rings (SSSR count). The zero-order chi connectivity index (χ0) is 34.8. The van der Waals surface area contributed by atoms with E-state index < -0.39 is 36.1 Å². The number of fused-ring (bicyclic) bond motifs is 3. The van der Waals surface area contributed by atoms with E-state index in [2.05, 4.69) is 64.5 Å². The lowest BCUT2D eigenvalue weighted by atomic mass is 9.77. The predicted octanol–water partition coefficient (Wildman–Crippen LogP) is 6.85. The normalized spacial score (nSPS) is 12.7. The maximum absolute atomic E-state index is 12.7. The van der Waals surface area contributed by atoms with E-state index in [1.165, 1.54) is 0 Å². The van der Waals surface area contributed by atoms with Crippen molar-refractivity contribution in [3.63, 3.8) is 0 Å². The van der Waals surface area contributed by atoms with Gasteiger partial charge >= 0.3 is 12.1 Å². The van der Waals surface area contributed by atoms with E-state index in [1.807, 2.05) is 91.0 Å². The molecule has 2 amide bonds. The van der Waals surface area contributed by atoms with Gasteiger partial charge in [-0.05, 0) is 64.8 Å². The number of rotatable bonds is 15. The molecule has 0 bridgehead atoms. The summed E-state index contributed by atoms with van der Waals surface area (Å²) in [6, 6.07) is 45.8. The molecule has 4 N–H and O–H groups in total. The molecule has 1 aliphatic carbocycles. The Labute approximate surface area is 292 Å². The molecule has 0 unspecified atom stereocenters. The largest absolute Gasteiger partial charge is 0.480 e. The number of carbonyl (C=O) groups excluding carboxylic acids is 2. The van der Waals surface area contributed by atoms with Gasteiger partial charge in [-0.25, -0.2) is 9.59 Å². The van der Waals surface area contributed by atoms with Crippen LogP contribution in [0, 0.1) is 0 Å². The molecule has 1 atom stereocenters. The third kappa shape index (κ3) is 7.61. The lowest BCUT2D eigenvalue weighted by molar-refractivity contribution is -0.141. The van der Waals surface area contributed by atoms with Gasteiger partial charge in [-0.15, -0.1) is 0 Å². The number of aliphatic carboxylic acids is 1. The fourth-order valence-corrected chi connectivity index (χ4v) is 6.92. The van der Waals surface area contributed by atoms with Gasteiger partial charge in [0.15, 0.2) is 0 Å². The minimum atomic E-state index is -1.13. The highest BCUT2D eigenvalue weighted by Crippen LogP contribution is 2.44. The molecule has 254 valence electrons. The first kappa shape index (κ1) is 34.1. The molecule has 0 saturated heterocycles. The second-order valence-corrected chi connectivity index (χ2v) is 12.4. The zero-order valence-electron chi connectivity index (χ0n) is 27.8. The molecular formula is C42H41N3O5. The molecule has 0 fully saturated rings. The summed E-state index contributed by atoms with van der Waals surface area (Å²) in [7, 11) is 0. The minimum Gasteiger partial charge on any atom is -0.480 e. The SMILES string of the molecule is O=C(CNC(=O)OCC1c2ccccc2-c2ccccc21)N[C@@H](CCCCNC(c1ccccc1)(c1ccccc1)c1ccccc1)C(=O)O. The minimum absolute atomic E-state index is 0.105. The summed E-state index contributed by atoms with van der Waals surface area (Å²) in [6.07, 6.45) is 0.728. The van der Waals surface area contributed by atoms with Crippen LogP contribution in [0.25, 0.3) is 11.1 Å². The van der Waals surface area contributed by atoms with E-state index >= 15 is 0 Å². The number of unbranched alkanes of at least 4 members (excludes halogenated alkanes) is 1. The molecule has 0 radical (unpaired) electrons. The van der Waals surface area contributed by atoms with Crippen molar-refractivity contribution >= 4 is 18.0 Å². The van der Waals surface area contributed by atoms with Gasteiger partial charge in [-0.1, -0.05) is 140 Å². The zero-order valence-corrected chi connectivity index (χ0v) is 27.8. The van der Waals surface area contributed by atoms with E-state index in [0.29, 0.717) is 19.4 Å². The van der Waals surface area contributed by atoms with Gasteiger partial charge in [0.05, 0.1) is 5.54 Å². The van der Waals surface area contributed by atoms with E-state index in [1.54, 1.807) is 0 Å². The number of carbonyl (C=O) groups is 3. The number of hydrogen-bond acceptors (Lipinski definition) is 5. The lowest BCUT2D eigenvalue weighted by Crippen LogP contribution is -2.46.